The zero-order valence-electron chi connectivity index (χ0n) is 12.1. The number of benzene rings is 1. The highest BCUT2D eigenvalue weighted by Gasteiger charge is 2.03. The fourth-order valence-electron chi connectivity index (χ4n) is 2.01. The van der Waals surface area contributed by atoms with Gasteiger partial charge in [0.15, 0.2) is 0 Å². The molecule has 1 N–H and O–H groups in total. The molecule has 2 aromatic rings. The molecule has 0 radical (unpaired) electrons. The van der Waals surface area contributed by atoms with Gasteiger partial charge in [-0.2, -0.15) is 11.8 Å². The van der Waals surface area contributed by atoms with Crippen molar-refractivity contribution in [1.82, 2.24) is 10.3 Å². The molecule has 0 fully saturated rings. The largest absolute Gasteiger partial charge is 0.490 e. The molecular weight excluding hydrogens is 268 g/mol. The van der Waals surface area contributed by atoms with Gasteiger partial charge in [-0.1, -0.05) is 25.1 Å². The molecule has 0 aliphatic carbocycles. The SMILES string of the molecule is CCSCC(C)NCCOc1cccc2cccnc12. The molecule has 1 aromatic carbocycles. The molecule has 108 valence electrons. The first kappa shape index (κ1) is 15.1. The summed E-state index contributed by atoms with van der Waals surface area (Å²) in [6.07, 6.45) is 1.80. The zero-order valence-corrected chi connectivity index (χ0v) is 13.0. The van der Waals surface area contributed by atoms with E-state index in [-0.39, 0.29) is 0 Å². The Bertz CT molecular complexity index is 527. The van der Waals surface area contributed by atoms with Gasteiger partial charge in [-0.25, -0.2) is 0 Å². The van der Waals surface area contributed by atoms with Crippen LogP contribution in [0.15, 0.2) is 36.5 Å². The molecule has 1 atom stereocenters. The Morgan fingerprint density at radius 3 is 3.00 bits per heavy atom. The lowest BCUT2D eigenvalue weighted by molar-refractivity contribution is 0.312. The van der Waals surface area contributed by atoms with E-state index in [1.54, 1.807) is 6.20 Å². The van der Waals surface area contributed by atoms with Crippen molar-refractivity contribution in [3.8, 4) is 5.75 Å². The summed E-state index contributed by atoms with van der Waals surface area (Å²) >= 11 is 1.96. The van der Waals surface area contributed by atoms with Gasteiger partial charge in [0.25, 0.3) is 0 Å². The monoisotopic (exact) mass is 290 g/mol. The van der Waals surface area contributed by atoms with Crippen LogP contribution < -0.4 is 10.1 Å². The van der Waals surface area contributed by atoms with Crippen molar-refractivity contribution in [2.45, 2.75) is 19.9 Å². The van der Waals surface area contributed by atoms with Gasteiger partial charge >= 0.3 is 0 Å². The van der Waals surface area contributed by atoms with Gasteiger partial charge in [-0.15, -0.1) is 0 Å². The van der Waals surface area contributed by atoms with Crippen LogP contribution in [-0.2, 0) is 0 Å². The first-order valence-electron chi connectivity index (χ1n) is 7.09. The fraction of sp³-hybridized carbons (Fsp3) is 0.438. The molecule has 4 heteroatoms. The smallest absolute Gasteiger partial charge is 0.145 e. The van der Waals surface area contributed by atoms with Crippen LogP contribution in [0.25, 0.3) is 10.9 Å². The lowest BCUT2D eigenvalue weighted by atomic mass is 10.2. The number of nitrogens with zero attached hydrogens (tertiary/aromatic N) is 1. The molecule has 0 aliphatic rings. The first-order valence-corrected chi connectivity index (χ1v) is 8.24. The van der Waals surface area contributed by atoms with Crippen LogP contribution in [0.1, 0.15) is 13.8 Å². The van der Waals surface area contributed by atoms with E-state index in [4.69, 9.17) is 4.74 Å². The molecular formula is C16H22N2OS. The maximum atomic E-state index is 5.84. The van der Waals surface area contributed by atoms with Gasteiger partial charge in [0.05, 0.1) is 0 Å². The Morgan fingerprint density at radius 1 is 1.30 bits per heavy atom. The van der Waals surface area contributed by atoms with E-state index in [0.717, 1.165) is 29.0 Å². The standard InChI is InChI=1S/C16H22N2OS/c1-3-20-12-13(2)17-10-11-19-15-8-4-6-14-7-5-9-18-16(14)15/h4-9,13,17H,3,10-12H2,1-2H3. The summed E-state index contributed by atoms with van der Waals surface area (Å²) in [7, 11) is 0. The predicted octanol–water partition coefficient (Wildman–Crippen LogP) is 3.34. The summed E-state index contributed by atoms with van der Waals surface area (Å²) in [5, 5.41) is 4.59. The van der Waals surface area contributed by atoms with Gasteiger partial charge in [-0.3, -0.25) is 4.98 Å². The second-order valence-electron chi connectivity index (χ2n) is 4.69. The first-order chi connectivity index (χ1) is 9.81. The number of hydrogen-bond acceptors (Lipinski definition) is 4. The van der Waals surface area contributed by atoms with Crippen LogP contribution in [0, 0.1) is 0 Å². The highest BCUT2D eigenvalue weighted by atomic mass is 32.2. The quantitative estimate of drug-likeness (QED) is 0.756. The molecule has 0 aliphatic heterocycles. The molecule has 1 heterocycles. The third-order valence-corrected chi connectivity index (χ3v) is 4.16. The van der Waals surface area contributed by atoms with Crippen molar-refractivity contribution in [3.63, 3.8) is 0 Å². The number of aromatic nitrogens is 1. The van der Waals surface area contributed by atoms with Gasteiger partial charge in [0.1, 0.15) is 17.9 Å². The molecule has 0 saturated heterocycles. The van der Waals surface area contributed by atoms with Crippen molar-refractivity contribution in [2.24, 2.45) is 0 Å². The van der Waals surface area contributed by atoms with Gasteiger partial charge in [-0.05, 0) is 24.8 Å². The van der Waals surface area contributed by atoms with Crippen LogP contribution in [0.4, 0.5) is 0 Å². The third kappa shape index (κ3) is 4.39. The van der Waals surface area contributed by atoms with Crippen molar-refractivity contribution >= 4 is 22.7 Å². The normalized spacial score (nSPS) is 12.5. The summed E-state index contributed by atoms with van der Waals surface area (Å²) in [5.41, 5.74) is 0.935. The lowest BCUT2D eigenvalue weighted by Crippen LogP contribution is -2.32. The lowest BCUT2D eigenvalue weighted by Gasteiger charge is -2.14. The number of pyridine rings is 1. The number of fused-ring (bicyclic) bond motifs is 1. The average molecular weight is 290 g/mol. The second kappa shape index (κ2) is 8.12. The molecule has 20 heavy (non-hydrogen) atoms. The Balaban J connectivity index is 1.81. The molecule has 3 nitrogen and oxygen atoms in total. The van der Waals surface area contributed by atoms with E-state index in [2.05, 4.69) is 36.3 Å². The molecule has 0 bridgehead atoms. The van der Waals surface area contributed by atoms with Gasteiger partial charge in [0.2, 0.25) is 0 Å². The maximum Gasteiger partial charge on any atom is 0.145 e. The minimum atomic E-state index is 0.522. The molecule has 0 amide bonds. The molecule has 0 saturated carbocycles. The highest BCUT2D eigenvalue weighted by Crippen LogP contribution is 2.22. The average Bonchev–Trinajstić information content (AvgIpc) is 2.49. The van der Waals surface area contributed by atoms with Crippen molar-refractivity contribution < 1.29 is 4.74 Å². The zero-order chi connectivity index (χ0) is 14.2. The molecule has 1 unspecified atom stereocenters. The van der Waals surface area contributed by atoms with Crippen LogP contribution >= 0.6 is 11.8 Å². The topological polar surface area (TPSA) is 34.1 Å². The minimum absolute atomic E-state index is 0.522. The number of nitrogens with one attached hydrogen (secondary N) is 1. The van der Waals surface area contributed by atoms with Crippen LogP contribution in [0.3, 0.4) is 0 Å². The minimum Gasteiger partial charge on any atom is -0.490 e. The summed E-state index contributed by atoms with van der Waals surface area (Å²) in [5.74, 6) is 3.18. The van der Waals surface area contributed by atoms with Crippen LogP contribution in [0.2, 0.25) is 0 Å². The van der Waals surface area contributed by atoms with E-state index in [1.807, 2.05) is 30.0 Å². The Hall–Kier alpha value is -1.26. The number of ether oxygens (including phenoxy) is 1. The summed E-state index contributed by atoms with van der Waals surface area (Å²) in [4.78, 5) is 4.39. The van der Waals surface area contributed by atoms with E-state index >= 15 is 0 Å². The second-order valence-corrected chi connectivity index (χ2v) is 6.01. The van der Waals surface area contributed by atoms with Crippen LogP contribution in [-0.4, -0.2) is 35.7 Å². The van der Waals surface area contributed by atoms with E-state index in [1.165, 1.54) is 5.75 Å². The third-order valence-electron chi connectivity index (χ3n) is 3.02. The molecule has 2 rings (SSSR count). The number of rotatable bonds is 8. The fourth-order valence-corrected chi connectivity index (χ4v) is 2.72. The molecule has 0 spiro atoms. The Labute approximate surface area is 125 Å². The predicted molar refractivity (Wildman–Crippen MR) is 87.7 cm³/mol. The van der Waals surface area contributed by atoms with Crippen molar-refractivity contribution in [3.05, 3.63) is 36.5 Å². The number of thioether (sulfide) groups is 1. The summed E-state index contributed by atoms with van der Waals surface area (Å²) < 4.78 is 5.84. The van der Waals surface area contributed by atoms with Crippen molar-refractivity contribution in [2.75, 3.05) is 24.7 Å². The van der Waals surface area contributed by atoms with E-state index < -0.39 is 0 Å². The Kier molecular flexibility index (Phi) is 6.15. The molecule has 1 aromatic heterocycles. The van der Waals surface area contributed by atoms with E-state index in [0.29, 0.717) is 12.6 Å². The summed E-state index contributed by atoms with van der Waals surface area (Å²) in [6.45, 7) is 5.92. The highest BCUT2D eigenvalue weighted by molar-refractivity contribution is 7.99. The van der Waals surface area contributed by atoms with Gasteiger partial charge in [0, 0.05) is 29.9 Å². The summed E-state index contributed by atoms with van der Waals surface area (Å²) in [6, 6.07) is 10.6. The van der Waals surface area contributed by atoms with Gasteiger partial charge < -0.3 is 10.1 Å². The number of para-hydroxylation sites is 1. The van der Waals surface area contributed by atoms with Crippen LogP contribution in [0.5, 0.6) is 5.75 Å². The Morgan fingerprint density at radius 2 is 2.15 bits per heavy atom. The van der Waals surface area contributed by atoms with E-state index in [9.17, 15) is 0 Å². The van der Waals surface area contributed by atoms with Crippen molar-refractivity contribution in [1.29, 1.82) is 0 Å². The number of hydrogen-bond donors (Lipinski definition) is 1. The maximum absolute atomic E-state index is 5.84.